The molecule has 0 atom stereocenters. The van der Waals surface area contributed by atoms with Gasteiger partial charge in [0.15, 0.2) is 0 Å². The first-order valence-electron chi connectivity index (χ1n) is 5.45. The van der Waals surface area contributed by atoms with Crippen molar-refractivity contribution >= 4 is 11.6 Å². The minimum Gasteiger partial charge on any atom is -0.322 e. The molecule has 0 unspecified atom stereocenters. The van der Waals surface area contributed by atoms with Crippen molar-refractivity contribution in [3.05, 3.63) is 59.4 Å². The maximum atomic E-state index is 12.0. The molecule has 2 aromatic rings. The summed E-state index contributed by atoms with van der Waals surface area (Å²) in [4.78, 5) is 16.0. The van der Waals surface area contributed by atoms with Gasteiger partial charge in [-0.2, -0.15) is 0 Å². The number of amides is 1. The third-order valence-corrected chi connectivity index (χ3v) is 2.54. The van der Waals surface area contributed by atoms with Crippen LogP contribution in [0.3, 0.4) is 0 Å². The molecule has 0 aliphatic rings. The summed E-state index contributed by atoms with van der Waals surface area (Å²) in [6.45, 7) is 3.87. The monoisotopic (exact) mass is 226 g/mol. The van der Waals surface area contributed by atoms with Crippen molar-refractivity contribution in [1.29, 1.82) is 0 Å². The van der Waals surface area contributed by atoms with E-state index in [0.717, 1.165) is 16.8 Å². The summed E-state index contributed by atoms with van der Waals surface area (Å²) in [5.74, 6) is -0.101. The highest BCUT2D eigenvalue weighted by molar-refractivity contribution is 6.05. The highest BCUT2D eigenvalue weighted by atomic mass is 16.1. The number of hydrogen-bond acceptors (Lipinski definition) is 2. The van der Waals surface area contributed by atoms with Crippen molar-refractivity contribution in [2.45, 2.75) is 13.8 Å². The SMILES string of the molecule is Cc1cccc(NC(=O)c2ccncc2C)c1. The number of nitrogens with zero attached hydrogens (tertiary/aromatic N) is 1. The Kier molecular flexibility index (Phi) is 3.19. The number of anilines is 1. The van der Waals surface area contributed by atoms with E-state index in [4.69, 9.17) is 0 Å². The number of aryl methyl sites for hydroxylation is 2. The van der Waals surface area contributed by atoms with Gasteiger partial charge in [-0.3, -0.25) is 9.78 Å². The first kappa shape index (κ1) is 11.3. The van der Waals surface area contributed by atoms with Crippen LogP contribution in [-0.2, 0) is 0 Å². The second-order valence-corrected chi connectivity index (χ2v) is 4.01. The summed E-state index contributed by atoms with van der Waals surface area (Å²) < 4.78 is 0. The van der Waals surface area contributed by atoms with E-state index >= 15 is 0 Å². The van der Waals surface area contributed by atoms with Crippen LogP contribution in [0.2, 0.25) is 0 Å². The summed E-state index contributed by atoms with van der Waals surface area (Å²) in [6, 6.07) is 9.45. The van der Waals surface area contributed by atoms with Crippen LogP contribution in [0.1, 0.15) is 21.5 Å². The minimum atomic E-state index is -0.101. The van der Waals surface area contributed by atoms with E-state index in [0.29, 0.717) is 5.56 Å². The van der Waals surface area contributed by atoms with Gasteiger partial charge in [0.25, 0.3) is 5.91 Å². The summed E-state index contributed by atoms with van der Waals surface area (Å²) in [7, 11) is 0. The second-order valence-electron chi connectivity index (χ2n) is 4.01. The number of carbonyl (C=O) groups excluding carboxylic acids is 1. The lowest BCUT2D eigenvalue weighted by molar-refractivity contribution is 0.102. The van der Waals surface area contributed by atoms with Gasteiger partial charge in [-0.1, -0.05) is 12.1 Å². The third kappa shape index (κ3) is 2.69. The largest absolute Gasteiger partial charge is 0.322 e. The van der Waals surface area contributed by atoms with E-state index in [9.17, 15) is 4.79 Å². The first-order chi connectivity index (χ1) is 8.16. The zero-order valence-corrected chi connectivity index (χ0v) is 9.90. The summed E-state index contributed by atoms with van der Waals surface area (Å²) in [5, 5.41) is 2.87. The van der Waals surface area contributed by atoms with Gasteiger partial charge in [0.05, 0.1) is 0 Å². The van der Waals surface area contributed by atoms with E-state index in [1.165, 1.54) is 0 Å². The highest BCUT2D eigenvalue weighted by Crippen LogP contribution is 2.12. The molecule has 86 valence electrons. The molecule has 0 spiro atoms. The van der Waals surface area contributed by atoms with E-state index in [1.54, 1.807) is 18.5 Å². The van der Waals surface area contributed by atoms with E-state index in [2.05, 4.69) is 10.3 Å². The van der Waals surface area contributed by atoms with Crippen LogP contribution < -0.4 is 5.32 Å². The molecule has 0 aliphatic carbocycles. The number of benzene rings is 1. The quantitative estimate of drug-likeness (QED) is 0.855. The molecule has 0 bridgehead atoms. The van der Waals surface area contributed by atoms with Gasteiger partial charge >= 0.3 is 0 Å². The zero-order valence-electron chi connectivity index (χ0n) is 9.90. The van der Waals surface area contributed by atoms with Crippen molar-refractivity contribution in [3.63, 3.8) is 0 Å². The lowest BCUT2D eigenvalue weighted by atomic mass is 10.1. The van der Waals surface area contributed by atoms with Crippen molar-refractivity contribution in [2.24, 2.45) is 0 Å². The summed E-state index contributed by atoms with van der Waals surface area (Å²) in [5.41, 5.74) is 3.46. The molecule has 0 saturated heterocycles. The van der Waals surface area contributed by atoms with E-state index in [1.807, 2.05) is 38.1 Å². The topological polar surface area (TPSA) is 42.0 Å². The Balaban J connectivity index is 2.20. The second kappa shape index (κ2) is 4.78. The van der Waals surface area contributed by atoms with Gasteiger partial charge in [0, 0.05) is 23.6 Å². The standard InChI is InChI=1S/C14H14N2O/c1-10-4-3-5-12(8-10)16-14(17)13-6-7-15-9-11(13)2/h3-9H,1-2H3,(H,16,17). The lowest BCUT2D eigenvalue weighted by Crippen LogP contribution is -2.13. The smallest absolute Gasteiger partial charge is 0.256 e. The van der Waals surface area contributed by atoms with Gasteiger partial charge in [-0.05, 0) is 43.2 Å². The molecular formula is C14H14N2O. The molecule has 2 rings (SSSR count). The summed E-state index contributed by atoms with van der Waals surface area (Å²) >= 11 is 0. The molecule has 1 amide bonds. The molecule has 1 aromatic carbocycles. The fourth-order valence-electron chi connectivity index (χ4n) is 1.65. The summed E-state index contributed by atoms with van der Waals surface area (Å²) in [6.07, 6.45) is 3.31. The molecule has 17 heavy (non-hydrogen) atoms. The van der Waals surface area contributed by atoms with Crippen molar-refractivity contribution in [1.82, 2.24) is 4.98 Å². The van der Waals surface area contributed by atoms with Gasteiger partial charge in [0.2, 0.25) is 0 Å². The Labute approximate surface area is 101 Å². The maximum Gasteiger partial charge on any atom is 0.256 e. The Hall–Kier alpha value is -2.16. The fraction of sp³-hybridized carbons (Fsp3) is 0.143. The fourth-order valence-corrected chi connectivity index (χ4v) is 1.65. The van der Waals surface area contributed by atoms with Crippen LogP contribution >= 0.6 is 0 Å². The third-order valence-electron chi connectivity index (χ3n) is 2.54. The number of nitrogens with one attached hydrogen (secondary N) is 1. The number of pyridine rings is 1. The molecule has 0 saturated carbocycles. The Bertz CT molecular complexity index is 549. The molecule has 3 nitrogen and oxygen atoms in total. The maximum absolute atomic E-state index is 12.0. The van der Waals surface area contributed by atoms with E-state index < -0.39 is 0 Å². The van der Waals surface area contributed by atoms with Crippen molar-refractivity contribution < 1.29 is 4.79 Å². The zero-order chi connectivity index (χ0) is 12.3. The molecular weight excluding hydrogens is 212 g/mol. The van der Waals surface area contributed by atoms with Crippen LogP contribution in [0.15, 0.2) is 42.7 Å². The predicted molar refractivity (Wildman–Crippen MR) is 68.1 cm³/mol. The van der Waals surface area contributed by atoms with Crippen LogP contribution in [-0.4, -0.2) is 10.9 Å². The van der Waals surface area contributed by atoms with Crippen LogP contribution in [0.5, 0.6) is 0 Å². The Morgan fingerprint density at radius 1 is 1.24 bits per heavy atom. The number of aromatic nitrogens is 1. The highest BCUT2D eigenvalue weighted by Gasteiger charge is 2.08. The van der Waals surface area contributed by atoms with Gasteiger partial charge in [0.1, 0.15) is 0 Å². The average molecular weight is 226 g/mol. The number of rotatable bonds is 2. The molecule has 1 N–H and O–H groups in total. The Morgan fingerprint density at radius 2 is 2.06 bits per heavy atom. The number of hydrogen-bond donors (Lipinski definition) is 1. The van der Waals surface area contributed by atoms with Crippen LogP contribution in [0.25, 0.3) is 0 Å². The molecule has 1 aromatic heterocycles. The van der Waals surface area contributed by atoms with Gasteiger partial charge in [-0.25, -0.2) is 0 Å². The average Bonchev–Trinajstić information content (AvgIpc) is 2.29. The molecule has 0 radical (unpaired) electrons. The van der Waals surface area contributed by atoms with Crippen LogP contribution in [0.4, 0.5) is 5.69 Å². The van der Waals surface area contributed by atoms with Gasteiger partial charge < -0.3 is 5.32 Å². The van der Waals surface area contributed by atoms with Crippen LogP contribution in [0, 0.1) is 13.8 Å². The molecule has 0 aliphatic heterocycles. The first-order valence-corrected chi connectivity index (χ1v) is 5.45. The van der Waals surface area contributed by atoms with Gasteiger partial charge in [-0.15, -0.1) is 0 Å². The Morgan fingerprint density at radius 3 is 2.76 bits per heavy atom. The van der Waals surface area contributed by atoms with E-state index in [-0.39, 0.29) is 5.91 Å². The lowest BCUT2D eigenvalue weighted by Gasteiger charge is -2.07. The predicted octanol–water partition coefficient (Wildman–Crippen LogP) is 2.95. The molecule has 0 fully saturated rings. The minimum absolute atomic E-state index is 0.101. The number of carbonyl (C=O) groups is 1. The normalized spacial score (nSPS) is 10.0. The molecule has 3 heteroatoms. The van der Waals surface area contributed by atoms with Crippen molar-refractivity contribution in [3.8, 4) is 0 Å². The van der Waals surface area contributed by atoms with Crippen molar-refractivity contribution in [2.75, 3.05) is 5.32 Å². The molecule has 1 heterocycles.